The SMILES string of the molecule is Cc1nc(C(=O)Cc2nc3ccccc3s2)cs1. The number of para-hydroxylation sites is 1. The standard InChI is InChI=1S/C13H10N2OS2/c1-8-14-10(7-17-8)11(16)6-13-15-9-4-2-3-5-12(9)18-13/h2-5,7H,6H2,1H3. The number of Topliss-reactive ketones (excluding diaryl/α,β-unsaturated/α-hetero) is 1. The summed E-state index contributed by atoms with van der Waals surface area (Å²) in [4.78, 5) is 20.7. The summed E-state index contributed by atoms with van der Waals surface area (Å²) in [6.45, 7) is 1.90. The number of benzene rings is 1. The molecule has 2 heterocycles. The lowest BCUT2D eigenvalue weighted by Crippen LogP contribution is -2.03. The van der Waals surface area contributed by atoms with E-state index in [2.05, 4.69) is 9.97 Å². The number of fused-ring (bicyclic) bond motifs is 1. The lowest BCUT2D eigenvalue weighted by Gasteiger charge is -1.92. The number of hydrogen-bond acceptors (Lipinski definition) is 5. The van der Waals surface area contributed by atoms with Gasteiger partial charge in [-0.15, -0.1) is 22.7 Å². The first-order valence-corrected chi connectivity index (χ1v) is 7.22. The van der Waals surface area contributed by atoms with Crippen molar-refractivity contribution in [3.05, 3.63) is 45.4 Å². The Hall–Kier alpha value is -1.59. The average molecular weight is 274 g/mol. The summed E-state index contributed by atoms with van der Waals surface area (Å²) in [7, 11) is 0. The van der Waals surface area contributed by atoms with Crippen LogP contribution in [0.3, 0.4) is 0 Å². The molecule has 18 heavy (non-hydrogen) atoms. The van der Waals surface area contributed by atoms with Gasteiger partial charge in [0, 0.05) is 5.38 Å². The van der Waals surface area contributed by atoms with Gasteiger partial charge in [-0.05, 0) is 19.1 Å². The summed E-state index contributed by atoms with van der Waals surface area (Å²) in [5.74, 6) is 0.0402. The number of aryl methyl sites for hydroxylation is 1. The maximum Gasteiger partial charge on any atom is 0.188 e. The lowest BCUT2D eigenvalue weighted by atomic mass is 10.2. The van der Waals surface area contributed by atoms with E-state index in [1.165, 1.54) is 11.3 Å². The Morgan fingerprint density at radius 2 is 2.11 bits per heavy atom. The van der Waals surface area contributed by atoms with Crippen molar-refractivity contribution in [1.29, 1.82) is 0 Å². The van der Waals surface area contributed by atoms with E-state index in [1.807, 2.05) is 36.6 Å². The molecule has 0 radical (unpaired) electrons. The number of carbonyl (C=O) groups excluding carboxylic acids is 1. The van der Waals surface area contributed by atoms with E-state index in [0.29, 0.717) is 12.1 Å². The number of aromatic nitrogens is 2. The Balaban J connectivity index is 1.86. The van der Waals surface area contributed by atoms with Crippen LogP contribution in [0.15, 0.2) is 29.6 Å². The highest BCUT2D eigenvalue weighted by Crippen LogP contribution is 2.22. The van der Waals surface area contributed by atoms with Crippen LogP contribution in [0.25, 0.3) is 10.2 Å². The maximum absolute atomic E-state index is 12.0. The molecular weight excluding hydrogens is 264 g/mol. The summed E-state index contributed by atoms with van der Waals surface area (Å²) >= 11 is 3.07. The molecule has 3 rings (SSSR count). The number of carbonyl (C=O) groups is 1. The van der Waals surface area contributed by atoms with E-state index in [-0.39, 0.29) is 5.78 Å². The highest BCUT2D eigenvalue weighted by molar-refractivity contribution is 7.18. The van der Waals surface area contributed by atoms with Gasteiger partial charge in [-0.2, -0.15) is 0 Å². The fourth-order valence-electron chi connectivity index (χ4n) is 1.71. The van der Waals surface area contributed by atoms with Crippen molar-refractivity contribution in [2.45, 2.75) is 13.3 Å². The summed E-state index contributed by atoms with van der Waals surface area (Å²) in [6, 6.07) is 7.92. The third-order valence-electron chi connectivity index (χ3n) is 2.55. The molecule has 3 aromatic rings. The highest BCUT2D eigenvalue weighted by atomic mass is 32.1. The van der Waals surface area contributed by atoms with Crippen molar-refractivity contribution in [2.24, 2.45) is 0 Å². The van der Waals surface area contributed by atoms with E-state index in [4.69, 9.17) is 0 Å². The second kappa shape index (κ2) is 4.59. The smallest absolute Gasteiger partial charge is 0.188 e. The van der Waals surface area contributed by atoms with Crippen molar-refractivity contribution in [2.75, 3.05) is 0 Å². The molecule has 0 N–H and O–H groups in total. The molecule has 0 fully saturated rings. The Labute approximate surface area is 112 Å². The number of hydrogen-bond donors (Lipinski definition) is 0. The van der Waals surface area contributed by atoms with Crippen LogP contribution in [0.4, 0.5) is 0 Å². The second-order valence-corrected chi connectivity index (χ2v) is 6.10. The number of nitrogens with zero attached hydrogens (tertiary/aromatic N) is 2. The first-order chi connectivity index (χ1) is 8.72. The Morgan fingerprint density at radius 1 is 1.28 bits per heavy atom. The molecular formula is C13H10N2OS2. The van der Waals surface area contributed by atoms with E-state index < -0.39 is 0 Å². The molecule has 0 bridgehead atoms. The Bertz CT molecular complexity index is 681. The zero-order valence-corrected chi connectivity index (χ0v) is 11.3. The van der Waals surface area contributed by atoms with Gasteiger partial charge in [0.05, 0.1) is 21.6 Å². The molecule has 0 aliphatic heterocycles. The zero-order chi connectivity index (χ0) is 12.5. The molecule has 0 amide bonds. The average Bonchev–Trinajstić information content (AvgIpc) is 2.94. The minimum absolute atomic E-state index is 0.0402. The van der Waals surface area contributed by atoms with Crippen LogP contribution in [-0.4, -0.2) is 15.8 Å². The van der Waals surface area contributed by atoms with E-state index in [9.17, 15) is 4.79 Å². The van der Waals surface area contributed by atoms with Gasteiger partial charge in [0.1, 0.15) is 10.7 Å². The van der Waals surface area contributed by atoms with Gasteiger partial charge >= 0.3 is 0 Å². The summed E-state index contributed by atoms with van der Waals surface area (Å²) in [6.07, 6.45) is 0.336. The first kappa shape index (κ1) is 11.5. The van der Waals surface area contributed by atoms with Crippen molar-refractivity contribution in [3.8, 4) is 0 Å². The molecule has 0 atom stereocenters. The zero-order valence-electron chi connectivity index (χ0n) is 9.71. The second-order valence-electron chi connectivity index (χ2n) is 3.93. The third kappa shape index (κ3) is 2.19. The van der Waals surface area contributed by atoms with Crippen molar-refractivity contribution in [3.63, 3.8) is 0 Å². The number of thiazole rings is 2. The molecule has 0 aliphatic rings. The van der Waals surface area contributed by atoms with Crippen LogP contribution in [0, 0.1) is 6.92 Å². The van der Waals surface area contributed by atoms with Crippen molar-refractivity contribution in [1.82, 2.24) is 9.97 Å². The minimum Gasteiger partial charge on any atom is -0.292 e. The molecule has 5 heteroatoms. The quantitative estimate of drug-likeness (QED) is 0.687. The van der Waals surface area contributed by atoms with Crippen LogP contribution < -0.4 is 0 Å². The van der Waals surface area contributed by atoms with Crippen LogP contribution >= 0.6 is 22.7 Å². The molecule has 1 aromatic carbocycles. The lowest BCUT2D eigenvalue weighted by molar-refractivity contribution is 0.0989. The van der Waals surface area contributed by atoms with Crippen molar-refractivity contribution >= 4 is 38.7 Å². The minimum atomic E-state index is 0.0402. The van der Waals surface area contributed by atoms with Crippen LogP contribution in [-0.2, 0) is 6.42 Å². The summed E-state index contributed by atoms with van der Waals surface area (Å²) in [5, 5.41) is 3.58. The maximum atomic E-state index is 12.0. The van der Waals surface area contributed by atoms with E-state index in [1.54, 1.807) is 11.3 Å². The van der Waals surface area contributed by atoms with Crippen molar-refractivity contribution < 1.29 is 4.79 Å². The van der Waals surface area contributed by atoms with Gasteiger partial charge in [0.25, 0.3) is 0 Å². The van der Waals surface area contributed by atoms with Gasteiger partial charge in [-0.25, -0.2) is 9.97 Å². The van der Waals surface area contributed by atoms with Gasteiger partial charge < -0.3 is 0 Å². The third-order valence-corrected chi connectivity index (χ3v) is 4.36. The fraction of sp³-hybridized carbons (Fsp3) is 0.154. The molecule has 0 saturated carbocycles. The van der Waals surface area contributed by atoms with Crippen LogP contribution in [0.2, 0.25) is 0 Å². The first-order valence-electron chi connectivity index (χ1n) is 5.52. The summed E-state index contributed by atoms with van der Waals surface area (Å²) < 4.78 is 1.12. The predicted octanol–water partition coefficient (Wildman–Crippen LogP) is 3.49. The van der Waals surface area contributed by atoms with Gasteiger partial charge in [-0.3, -0.25) is 4.79 Å². The summed E-state index contributed by atoms with van der Waals surface area (Å²) in [5.41, 5.74) is 1.51. The van der Waals surface area contributed by atoms with E-state index in [0.717, 1.165) is 20.2 Å². The predicted molar refractivity (Wildman–Crippen MR) is 74.5 cm³/mol. The molecule has 2 aromatic heterocycles. The number of rotatable bonds is 3. The Kier molecular flexibility index (Phi) is 2.93. The molecule has 0 unspecified atom stereocenters. The van der Waals surface area contributed by atoms with Gasteiger partial charge in [0.15, 0.2) is 5.78 Å². The Morgan fingerprint density at radius 3 is 2.83 bits per heavy atom. The molecule has 0 aliphatic carbocycles. The molecule has 3 nitrogen and oxygen atoms in total. The normalized spacial score (nSPS) is 10.9. The topological polar surface area (TPSA) is 42.9 Å². The van der Waals surface area contributed by atoms with E-state index >= 15 is 0 Å². The van der Waals surface area contributed by atoms with Gasteiger partial charge in [0.2, 0.25) is 0 Å². The monoisotopic (exact) mass is 274 g/mol. The van der Waals surface area contributed by atoms with Crippen LogP contribution in [0.1, 0.15) is 20.5 Å². The van der Waals surface area contributed by atoms with Gasteiger partial charge in [-0.1, -0.05) is 12.1 Å². The largest absolute Gasteiger partial charge is 0.292 e. The molecule has 0 saturated heterocycles. The highest BCUT2D eigenvalue weighted by Gasteiger charge is 2.13. The number of ketones is 1. The van der Waals surface area contributed by atoms with Crippen LogP contribution in [0.5, 0.6) is 0 Å². The molecule has 90 valence electrons. The fourth-order valence-corrected chi connectivity index (χ4v) is 3.30. The molecule has 0 spiro atoms.